The number of nitrogens with one attached hydrogen (secondary N) is 3. The van der Waals surface area contributed by atoms with Crippen LogP contribution in [0.15, 0.2) is 29.3 Å². The Kier molecular flexibility index (Phi) is 7.13. The van der Waals surface area contributed by atoms with Gasteiger partial charge >= 0.3 is 0 Å². The first-order valence-electron chi connectivity index (χ1n) is 10.5. The van der Waals surface area contributed by atoms with E-state index in [0.29, 0.717) is 12.1 Å². The normalized spacial score (nSPS) is 23.0. The number of benzene rings is 1. The first-order valence-corrected chi connectivity index (χ1v) is 10.5. The second-order valence-electron chi connectivity index (χ2n) is 7.91. The van der Waals surface area contributed by atoms with Crippen molar-refractivity contribution in [1.29, 1.82) is 0 Å². The van der Waals surface area contributed by atoms with Crippen molar-refractivity contribution in [2.24, 2.45) is 10.9 Å². The number of hydrogen-bond donors (Lipinski definition) is 3. The van der Waals surface area contributed by atoms with Crippen molar-refractivity contribution in [3.63, 3.8) is 0 Å². The number of carbonyl (C=O) groups is 1. The monoisotopic (exact) mass is 370 g/mol. The summed E-state index contributed by atoms with van der Waals surface area (Å²) in [5.41, 5.74) is 2.71. The smallest absolute Gasteiger partial charge is 0.223 e. The molecule has 3 rings (SSSR count). The molecule has 2 unspecified atom stereocenters. The molecule has 1 aromatic rings. The highest BCUT2D eigenvalue weighted by Crippen LogP contribution is 2.26. The highest BCUT2D eigenvalue weighted by molar-refractivity contribution is 5.81. The highest BCUT2D eigenvalue weighted by Gasteiger charge is 2.31. The molecule has 2 aliphatic rings. The van der Waals surface area contributed by atoms with Crippen molar-refractivity contribution in [2.75, 3.05) is 13.6 Å². The molecule has 0 aliphatic heterocycles. The van der Waals surface area contributed by atoms with E-state index >= 15 is 0 Å². The van der Waals surface area contributed by atoms with E-state index in [-0.39, 0.29) is 11.8 Å². The molecule has 1 amide bonds. The number of carbonyl (C=O) groups excluding carboxylic acids is 1. The van der Waals surface area contributed by atoms with Crippen LogP contribution in [0.5, 0.6) is 0 Å². The lowest BCUT2D eigenvalue weighted by Gasteiger charge is -2.30. The third-order valence-corrected chi connectivity index (χ3v) is 5.67. The Hall–Kier alpha value is -2.04. The molecule has 0 aromatic heterocycles. The van der Waals surface area contributed by atoms with Gasteiger partial charge in [-0.1, -0.05) is 37.6 Å². The largest absolute Gasteiger partial charge is 0.356 e. The summed E-state index contributed by atoms with van der Waals surface area (Å²) in [7, 11) is 1.81. The van der Waals surface area contributed by atoms with Crippen molar-refractivity contribution < 1.29 is 4.79 Å². The van der Waals surface area contributed by atoms with E-state index in [1.54, 1.807) is 0 Å². The quantitative estimate of drug-likeness (QED) is 0.511. The lowest BCUT2D eigenvalue weighted by molar-refractivity contribution is -0.126. The van der Waals surface area contributed by atoms with Crippen LogP contribution in [0.25, 0.3) is 0 Å². The van der Waals surface area contributed by atoms with Crippen LogP contribution in [0.4, 0.5) is 0 Å². The third kappa shape index (κ3) is 6.26. The Labute approximate surface area is 163 Å². The molecule has 2 atom stereocenters. The van der Waals surface area contributed by atoms with Crippen LogP contribution in [0.3, 0.4) is 0 Å². The lowest BCUT2D eigenvalue weighted by Crippen LogP contribution is -2.47. The van der Waals surface area contributed by atoms with Gasteiger partial charge in [0, 0.05) is 31.6 Å². The second-order valence-corrected chi connectivity index (χ2v) is 7.91. The standard InChI is InChI=1S/C22H34N4O/c1-3-16-7-9-17(10-8-16)13-14-24-22(23-2)26-20-6-4-5-18(15-20)21(27)25-19-11-12-19/h7-10,18-20H,3-6,11-15H2,1-2H3,(H,25,27)(H2,23,24,26). The van der Waals surface area contributed by atoms with Crippen LogP contribution in [-0.4, -0.2) is 37.5 Å². The number of nitrogens with zero attached hydrogens (tertiary/aromatic N) is 1. The summed E-state index contributed by atoms with van der Waals surface area (Å²) in [6.45, 7) is 3.03. The Morgan fingerprint density at radius 2 is 1.78 bits per heavy atom. The van der Waals surface area contributed by atoms with Gasteiger partial charge in [0.25, 0.3) is 0 Å². The summed E-state index contributed by atoms with van der Waals surface area (Å²) >= 11 is 0. The Balaban J connectivity index is 1.41. The van der Waals surface area contributed by atoms with Gasteiger partial charge in [0.05, 0.1) is 0 Å². The van der Waals surface area contributed by atoms with Gasteiger partial charge in [-0.25, -0.2) is 0 Å². The number of aliphatic imine (C=N–C) groups is 1. The second kappa shape index (κ2) is 9.77. The van der Waals surface area contributed by atoms with Crippen LogP contribution in [0, 0.1) is 5.92 Å². The van der Waals surface area contributed by atoms with Gasteiger partial charge in [-0.05, 0) is 56.1 Å². The molecule has 5 nitrogen and oxygen atoms in total. The Bertz CT molecular complexity index is 636. The van der Waals surface area contributed by atoms with Gasteiger partial charge in [-0.3, -0.25) is 9.79 Å². The molecular weight excluding hydrogens is 336 g/mol. The maximum Gasteiger partial charge on any atom is 0.223 e. The molecule has 5 heteroatoms. The van der Waals surface area contributed by atoms with E-state index in [0.717, 1.165) is 63.9 Å². The SMILES string of the molecule is CCc1ccc(CCNC(=NC)NC2CCCC(C(=O)NC3CC3)C2)cc1. The fraction of sp³-hybridized carbons (Fsp3) is 0.636. The van der Waals surface area contributed by atoms with Crippen LogP contribution in [0.1, 0.15) is 56.6 Å². The summed E-state index contributed by atoms with van der Waals surface area (Å²) < 4.78 is 0. The third-order valence-electron chi connectivity index (χ3n) is 5.67. The predicted molar refractivity (Wildman–Crippen MR) is 111 cm³/mol. The van der Waals surface area contributed by atoms with Gasteiger partial charge in [-0.2, -0.15) is 0 Å². The van der Waals surface area contributed by atoms with Crippen molar-refractivity contribution in [2.45, 2.75) is 70.4 Å². The zero-order valence-corrected chi connectivity index (χ0v) is 16.8. The van der Waals surface area contributed by atoms with Gasteiger partial charge in [0.15, 0.2) is 5.96 Å². The molecule has 0 radical (unpaired) electrons. The molecule has 2 fully saturated rings. The molecule has 27 heavy (non-hydrogen) atoms. The number of hydrogen-bond acceptors (Lipinski definition) is 2. The minimum Gasteiger partial charge on any atom is -0.356 e. The molecule has 148 valence electrons. The zero-order chi connectivity index (χ0) is 19.1. The number of rotatable bonds is 7. The summed E-state index contributed by atoms with van der Waals surface area (Å²) in [6, 6.07) is 9.60. The minimum atomic E-state index is 0.145. The van der Waals surface area contributed by atoms with Crippen LogP contribution >= 0.6 is 0 Å². The topological polar surface area (TPSA) is 65.5 Å². The number of aryl methyl sites for hydroxylation is 1. The zero-order valence-electron chi connectivity index (χ0n) is 16.8. The average molecular weight is 371 g/mol. The van der Waals surface area contributed by atoms with Gasteiger partial charge in [-0.15, -0.1) is 0 Å². The average Bonchev–Trinajstić information content (AvgIpc) is 3.52. The van der Waals surface area contributed by atoms with E-state index in [9.17, 15) is 4.79 Å². The predicted octanol–water partition coefficient (Wildman–Crippen LogP) is 2.79. The Morgan fingerprint density at radius 1 is 1.04 bits per heavy atom. The fourth-order valence-corrected chi connectivity index (χ4v) is 3.76. The van der Waals surface area contributed by atoms with Crippen LogP contribution in [-0.2, 0) is 17.6 Å². The van der Waals surface area contributed by atoms with E-state index in [1.165, 1.54) is 11.1 Å². The van der Waals surface area contributed by atoms with Crippen molar-refractivity contribution >= 4 is 11.9 Å². The Morgan fingerprint density at radius 3 is 2.44 bits per heavy atom. The maximum atomic E-state index is 12.3. The van der Waals surface area contributed by atoms with Gasteiger partial charge in [0.1, 0.15) is 0 Å². The summed E-state index contributed by atoms with van der Waals surface area (Å²) in [5.74, 6) is 1.24. The lowest BCUT2D eigenvalue weighted by atomic mass is 9.85. The van der Waals surface area contributed by atoms with Crippen LogP contribution < -0.4 is 16.0 Å². The van der Waals surface area contributed by atoms with Gasteiger partial charge in [0.2, 0.25) is 5.91 Å². The fourth-order valence-electron chi connectivity index (χ4n) is 3.76. The van der Waals surface area contributed by atoms with E-state index in [1.807, 2.05) is 7.05 Å². The molecule has 2 aliphatic carbocycles. The first-order chi connectivity index (χ1) is 13.2. The van der Waals surface area contributed by atoms with Crippen molar-refractivity contribution in [1.82, 2.24) is 16.0 Å². The molecule has 3 N–H and O–H groups in total. The van der Waals surface area contributed by atoms with Crippen molar-refractivity contribution in [3.05, 3.63) is 35.4 Å². The highest BCUT2D eigenvalue weighted by atomic mass is 16.2. The summed E-state index contributed by atoms with van der Waals surface area (Å²) in [6.07, 6.45) is 8.47. The van der Waals surface area contributed by atoms with E-state index < -0.39 is 0 Å². The molecule has 0 bridgehead atoms. The van der Waals surface area contributed by atoms with E-state index in [2.05, 4.69) is 52.1 Å². The van der Waals surface area contributed by atoms with E-state index in [4.69, 9.17) is 0 Å². The first kappa shape index (κ1) is 19.7. The molecule has 1 aromatic carbocycles. The molecule has 0 heterocycles. The maximum absolute atomic E-state index is 12.3. The minimum absolute atomic E-state index is 0.145. The molecular formula is C22H34N4O. The van der Waals surface area contributed by atoms with Gasteiger partial charge < -0.3 is 16.0 Å². The number of amides is 1. The molecule has 2 saturated carbocycles. The van der Waals surface area contributed by atoms with Crippen molar-refractivity contribution in [3.8, 4) is 0 Å². The molecule has 0 spiro atoms. The molecule has 0 saturated heterocycles. The number of guanidine groups is 1. The van der Waals surface area contributed by atoms with Crippen LogP contribution in [0.2, 0.25) is 0 Å². The summed E-state index contributed by atoms with van der Waals surface area (Å²) in [5, 5.41) is 10.1. The summed E-state index contributed by atoms with van der Waals surface area (Å²) in [4.78, 5) is 16.7.